The average molecular weight is 574 g/mol. The monoisotopic (exact) mass is 573 g/mol. The van der Waals surface area contributed by atoms with E-state index in [2.05, 4.69) is 156 Å². The molecule has 7 aromatic carbocycles. The maximum absolute atomic E-state index is 5.01. The third kappa shape index (κ3) is 4.37. The van der Waals surface area contributed by atoms with Crippen LogP contribution in [0.25, 0.3) is 82.7 Å². The van der Waals surface area contributed by atoms with Gasteiger partial charge >= 0.3 is 0 Å². The summed E-state index contributed by atoms with van der Waals surface area (Å²) < 4.78 is 2.21. The minimum Gasteiger partial charge on any atom is -0.278 e. The lowest BCUT2D eigenvalue weighted by Crippen LogP contribution is -2.01. The van der Waals surface area contributed by atoms with Gasteiger partial charge in [0.15, 0.2) is 0 Å². The van der Waals surface area contributed by atoms with Crippen molar-refractivity contribution in [2.45, 2.75) is 0 Å². The van der Waals surface area contributed by atoms with Crippen LogP contribution in [0.15, 0.2) is 164 Å². The van der Waals surface area contributed by atoms with Crippen molar-refractivity contribution in [3.8, 4) is 39.3 Å². The van der Waals surface area contributed by atoms with Gasteiger partial charge in [0.25, 0.3) is 0 Å². The van der Waals surface area contributed by atoms with E-state index in [4.69, 9.17) is 9.97 Å². The van der Waals surface area contributed by atoms with E-state index in [9.17, 15) is 0 Å². The lowest BCUT2D eigenvalue weighted by molar-refractivity contribution is 0.991. The van der Waals surface area contributed by atoms with E-state index in [1.165, 1.54) is 43.4 Å². The molecule has 0 N–H and O–H groups in total. The molecule has 0 aliphatic heterocycles. The molecule has 2 aromatic heterocycles. The van der Waals surface area contributed by atoms with Gasteiger partial charge in [-0.1, -0.05) is 109 Å². The van der Waals surface area contributed by atoms with Gasteiger partial charge in [-0.3, -0.25) is 4.57 Å². The Labute approximate surface area is 260 Å². The van der Waals surface area contributed by atoms with Crippen molar-refractivity contribution < 1.29 is 0 Å². The molecule has 3 nitrogen and oxygen atoms in total. The topological polar surface area (TPSA) is 30.7 Å². The second-order valence-electron chi connectivity index (χ2n) is 11.6. The molecule has 45 heavy (non-hydrogen) atoms. The van der Waals surface area contributed by atoms with Gasteiger partial charge in [-0.2, -0.15) is 0 Å². The van der Waals surface area contributed by atoms with Crippen LogP contribution in [0.1, 0.15) is 0 Å². The number of rotatable bonds is 4. The second-order valence-corrected chi connectivity index (χ2v) is 11.6. The molecule has 0 aliphatic rings. The molecule has 0 radical (unpaired) electrons. The van der Waals surface area contributed by atoms with Crippen LogP contribution in [-0.2, 0) is 0 Å². The molecule has 0 saturated carbocycles. The van der Waals surface area contributed by atoms with E-state index in [-0.39, 0.29) is 0 Å². The molecule has 0 aliphatic carbocycles. The van der Waals surface area contributed by atoms with Crippen LogP contribution in [0.5, 0.6) is 0 Å². The van der Waals surface area contributed by atoms with E-state index in [0.29, 0.717) is 5.95 Å². The standard InChI is InChI=1S/C42H27N3/c1-3-11-28(12-4-1)34-19-35(29-13-5-2-6-14-29)21-36(20-34)37-26-43-42(44-27-37)45-40-24-32-17-9-7-15-30(32)22-38(40)39-23-31-16-8-10-18-33(31)25-41(39)45/h1-27H. The lowest BCUT2D eigenvalue weighted by atomic mass is 9.94. The van der Waals surface area contributed by atoms with Crippen molar-refractivity contribution in [2.24, 2.45) is 0 Å². The van der Waals surface area contributed by atoms with Crippen molar-refractivity contribution in [2.75, 3.05) is 0 Å². The van der Waals surface area contributed by atoms with Crippen LogP contribution >= 0.6 is 0 Å². The van der Waals surface area contributed by atoms with Gasteiger partial charge in [0.05, 0.1) is 11.0 Å². The van der Waals surface area contributed by atoms with Crippen molar-refractivity contribution in [3.05, 3.63) is 164 Å². The van der Waals surface area contributed by atoms with Crippen LogP contribution in [0, 0.1) is 0 Å². The zero-order valence-corrected chi connectivity index (χ0v) is 24.4. The van der Waals surface area contributed by atoms with Crippen molar-refractivity contribution in [3.63, 3.8) is 0 Å². The van der Waals surface area contributed by atoms with E-state index < -0.39 is 0 Å². The Morgan fingerprint density at radius 2 is 0.711 bits per heavy atom. The molecular weight excluding hydrogens is 546 g/mol. The van der Waals surface area contributed by atoms with Crippen LogP contribution in [-0.4, -0.2) is 14.5 Å². The smallest absolute Gasteiger partial charge is 0.234 e. The van der Waals surface area contributed by atoms with Gasteiger partial charge in [0, 0.05) is 28.7 Å². The first-order valence-corrected chi connectivity index (χ1v) is 15.2. The molecular formula is C42H27N3. The Morgan fingerprint density at radius 3 is 1.16 bits per heavy atom. The summed E-state index contributed by atoms with van der Waals surface area (Å²) in [7, 11) is 0. The number of hydrogen-bond acceptors (Lipinski definition) is 2. The van der Waals surface area contributed by atoms with Gasteiger partial charge in [-0.25, -0.2) is 9.97 Å². The number of benzene rings is 7. The zero-order valence-electron chi connectivity index (χ0n) is 24.4. The third-order valence-electron chi connectivity index (χ3n) is 8.82. The molecule has 0 saturated heterocycles. The summed E-state index contributed by atoms with van der Waals surface area (Å²) in [6, 6.07) is 54.0. The highest BCUT2D eigenvalue weighted by Gasteiger charge is 2.17. The molecule has 0 amide bonds. The molecule has 0 unspecified atom stereocenters. The van der Waals surface area contributed by atoms with Gasteiger partial charge < -0.3 is 0 Å². The van der Waals surface area contributed by atoms with Crippen molar-refractivity contribution in [1.29, 1.82) is 0 Å². The summed E-state index contributed by atoms with van der Waals surface area (Å²) in [5.41, 5.74) is 8.95. The summed E-state index contributed by atoms with van der Waals surface area (Å²) in [5.74, 6) is 0.659. The van der Waals surface area contributed by atoms with Gasteiger partial charge in [0.1, 0.15) is 0 Å². The van der Waals surface area contributed by atoms with E-state index in [0.717, 1.165) is 33.3 Å². The first kappa shape index (κ1) is 25.4. The first-order valence-electron chi connectivity index (χ1n) is 15.2. The minimum atomic E-state index is 0.659. The molecule has 0 bridgehead atoms. The predicted molar refractivity (Wildman–Crippen MR) is 188 cm³/mol. The van der Waals surface area contributed by atoms with E-state index in [1.54, 1.807) is 0 Å². The Bertz CT molecular complexity index is 2360. The Kier molecular flexibility index (Phi) is 5.82. The van der Waals surface area contributed by atoms with Crippen molar-refractivity contribution in [1.82, 2.24) is 14.5 Å². The zero-order chi connectivity index (χ0) is 29.7. The highest BCUT2D eigenvalue weighted by molar-refractivity contribution is 6.16. The molecule has 9 rings (SSSR count). The Balaban J connectivity index is 1.23. The first-order chi connectivity index (χ1) is 22.3. The third-order valence-corrected chi connectivity index (χ3v) is 8.82. The number of nitrogens with zero attached hydrogens (tertiary/aromatic N) is 3. The fraction of sp³-hybridized carbons (Fsp3) is 0. The van der Waals surface area contributed by atoms with Crippen LogP contribution in [0.2, 0.25) is 0 Å². The molecule has 210 valence electrons. The highest BCUT2D eigenvalue weighted by Crippen LogP contribution is 2.37. The number of hydrogen-bond donors (Lipinski definition) is 0. The maximum atomic E-state index is 5.01. The average Bonchev–Trinajstić information content (AvgIpc) is 3.42. The van der Waals surface area contributed by atoms with E-state index >= 15 is 0 Å². The van der Waals surface area contributed by atoms with Gasteiger partial charge in [0.2, 0.25) is 5.95 Å². The fourth-order valence-corrected chi connectivity index (χ4v) is 6.58. The van der Waals surface area contributed by atoms with Gasteiger partial charge in [-0.05, 0) is 91.8 Å². The summed E-state index contributed by atoms with van der Waals surface area (Å²) in [6.45, 7) is 0. The minimum absolute atomic E-state index is 0.659. The Hall–Kier alpha value is -6.06. The van der Waals surface area contributed by atoms with E-state index in [1.807, 2.05) is 12.4 Å². The molecule has 9 aromatic rings. The quantitative estimate of drug-likeness (QED) is 0.210. The summed E-state index contributed by atoms with van der Waals surface area (Å²) >= 11 is 0. The van der Waals surface area contributed by atoms with Crippen molar-refractivity contribution >= 4 is 43.4 Å². The maximum Gasteiger partial charge on any atom is 0.234 e. The molecule has 0 atom stereocenters. The Morgan fingerprint density at radius 1 is 0.333 bits per heavy atom. The summed E-state index contributed by atoms with van der Waals surface area (Å²) in [5, 5.41) is 7.24. The lowest BCUT2D eigenvalue weighted by Gasteiger charge is -2.12. The number of aromatic nitrogens is 3. The number of fused-ring (bicyclic) bond motifs is 5. The van der Waals surface area contributed by atoms with Gasteiger partial charge in [-0.15, -0.1) is 0 Å². The summed E-state index contributed by atoms with van der Waals surface area (Å²) in [4.78, 5) is 10.0. The van der Waals surface area contributed by atoms with Crippen LogP contribution in [0.4, 0.5) is 0 Å². The van der Waals surface area contributed by atoms with Crippen LogP contribution < -0.4 is 0 Å². The molecule has 3 heteroatoms. The fourth-order valence-electron chi connectivity index (χ4n) is 6.58. The predicted octanol–water partition coefficient (Wildman–Crippen LogP) is 10.9. The molecule has 0 spiro atoms. The normalized spacial score (nSPS) is 11.6. The van der Waals surface area contributed by atoms with Crippen LogP contribution in [0.3, 0.4) is 0 Å². The highest BCUT2D eigenvalue weighted by atomic mass is 15.1. The molecule has 2 heterocycles. The second kappa shape index (κ2) is 10.3. The SMILES string of the molecule is c1ccc(-c2cc(-c3ccccc3)cc(-c3cnc(-n4c5cc6ccccc6cc5c5cc6ccccc6cc54)nc3)c2)cc1. The largest absolute Gasteiger partial charge is 0.278 e. The molecule has 0 fully saturated rings. The summed E-state index contributed by atoms with van der Waals surface area (Å²) in [6.07, 6.45) is 3.92.